The summed E-state index contributed by atoms with van der Waals surface area (Å²) in [5.41, 5.74) is 1.05. The maximum absolute atomic E-state index is 12.8. The second-order valence-corrected chi connectivity index (χ2v) is 5.94. The lowest BCUT2D eigenvalue weighted by Gasteiger charge is -2.07. The number of hydrogen-bond donors (Lipinski definition) is 1. The van der Waals surface area contributed by atoms with Crippen LogP contribution < -0.4 is 5.32 Å². The van der Waals surface area contributed by atoms with Gasteiger partial charge >= 0.3 is 11.9 Å². The van der Waals surface area contributed by atoms with Crippen molar-refractivity contribution in [1.29, 1.82) is 0 Å². The quantitative estimate of drug-likeness (QED) is 0.512. The Bertz CT molecular complexity index is 877. The second kappa shape index (κ2) is 10.7. The molecule has 1 amide bonds. The molecule has 152 valence electrons. The zero-order valence-electron chi connectivity index (χ0n) is 15.8. The molecular formula is C21H20FNO6. The molecule has 2 rings (SSSR count). The third kappa shape index (κ3) is 7.17. The number of ether oxygens (including phenoxy) is 2. The van der Waals surface area contributed by atoms with E-state index in [1.54, 1.807) is 19.1 Å². The predicted octanol–water partition coefficient (Wildman–Crippen LogP) is 3.15. The fourth-order valence-electron chi connectivity index (χ4n) is 2.28. The van der Waals surface area contributed by atoms with Crippen LogP contribution in [0.15, 0.2) is 48.5 Å². The Morgan fingerprint density at radius 2 is 1.48 bits per heavy atom. The van der Waals surface area contributed by atoms with Crippen molar-refractivity contribution in [3.8, 4) is 0 Å². The Labute approximate surface area is 166 Å². The molecule has 0 unspecified atom stereocenters. The van der Waals surface area contributed by atoms with Crippen LogP contribution in [0, 0.1) is 5.82 Å². The van der Waals surface area contributed by atoms with E-state index in [0.29, 0.717) is 11.3 Å². The SMILES string of the molecule is CCOC(=O)c1ccc(NC(=O)CCC(=O)OCC(=O)c2ccc(F)cc2)cc1. The summed E-state index contributed by atoms with van der Waals surface area (Å²) in [6.07, 6.45) is -0.341. The molecule has 1 N–H and O–H groups in total. The normalized spacial score (nSPS) is 10.1. The van der Waals surface area contributed by atoms with E-state index in [-0.39, 0.29) is 25.0 Å². The molecule has 0 fully saturated rings. The molecule has 0 atom stereocenters. The van der Waals surface area contributed by atoms with Crippen molar-refractivity contribution >= 4 is 29.3 Å². The van der Waals surface area contributed by atoms with Crippen molar-refractivity contribution in [2.45, 2.75) is 19.8 Å². The van der Waals surface area contributed by atoms with Crippen LogP contribution in [0.25, 0.3) is 0 Å². The van der Waals surface area contributed by atoms with Gasteiger partial charge in [0.2, 0.25) is 5.91 Å². The number of rotatable bonds is 9. The van der Waals surface area contributed by atoms with Crippen molar-refractivity contribution in [1.82, 2.24) is 0 Å². The van der Waals surface area contributed by atoms with Crippen LogP contribution in [-0.2, 0) is 19.1 Å². The molecule has 7 nitrogen and oxygen atoms in total. The highest BCUT2D eigenvalue weighted by Crippen LogP contribution is 2.11. The third-order valence-corrected chi connectivity index (χ3v) is 3.77. The Morgan fingerprint density at radius 3 is 2.10 bits per heavy atom. The lowest BCUT2D eigenvalue weighted by molar-refractivity contribution is -0.143. The largest absolute Gasteiger partial charge is 0.462 e. The number of benzene rings is 2. The van der Waals surface area contributed by atoms with Crippen LogP contribution in [0.2, 0.25) is 0 Å². The minimum absolute atomic E-state index is 0.136. The number of Topliss-reactive ketones (excluding diaryl/α,β-unsaturated/α-hetero) is 1. The average Bonchev–Trinajstić information content (AvgIpc) is 2.71. The van der Waals surface area contributed by atoms with E-state index in [2.05, 4.69) is 5.32 Å². The summed E-state index contributed by atoms with van der Waals surface area (Å²) in [7, 11) is 0. The fourth-order valence-corrected chi connectivity index (χ4v) is 2.28. The van der Waals surface area contributed by atoms with Crippen molar-refractivity contribution in [2.24, 2.45) is 0 Å². The zero-order chi connectivity index (χ0) is 21.2. The topological polar surface area (TPSA) is 98.8 Å². The van der Waals surface area contributed by atoms with Gasteiger partial charge in [0.05, 0.1) is 18.6 Å². The lowest BCUT2D eigenvalue weighted by atomic mass is 10.1. The second-order valence-electron chi connectivity index (χ2n) is 5.94. The van der Waals surface area contributed by atoms with Gasteiger partial charge in [0.25, 0.3) is 0 Å². The Balaban J connectivity index is 1.72. The smallest absolute Gasteiger partial charge is 0.338 e. The van der Waals surface area contributed by atoms with E-state index in [1.807, 2.05) is 0 Å². The molecule has 29 heavy (non-hydrogen) atoms. The number of esters is 2. The molecule has 0 heterocycles. The molecule has 0 aromatic heterocycles. The molecule has 0 spiro atoms. The molecule has 0 aliphatic rings. The van der Waals surface area contributed by atoms with Gasteiger partial charge in [-0.1, -0.05) is 0 Å². The molecule has 0 saturated carbocycles. The maximum atomic E-state index is 12.8. The van der Waals surface area contributed by atoms with Gasteiger partial charge in [-0.3, -0.25) is 14.4 Å². The number of nitrogens with one attached hydrogen (secondary N) is 1. The first-order chi connectivity index (χ1) is 13.9. The Hall–Kier alpha value is -3.55. The van der Waals surface area contributed by atoms with Crippen molar-refractivity contribution in [3.05, 3.63) is 65.5 Å². The summed E-state index contributed by atoms with van der Waals surface area (Å²) >= 11 is 0. The number of ketones is 1. The van der Waals surface area contributed by atoms with Crippen LogP contribution >= 0.6 is 0 Å². The van der Waals surface area contributed by atoms with Crippen LogP contribution in [0.3, 0.4) is 0 Å². The van der Waals surface area contributed by atoms with Crippen LogP contribution in [0.5, 0.6) is 0 Å². The monoisotopic (exact) mass is 401 g/mol. The number of hydrogen-bond acceptors (Lipinski definition) is 6. The minimum atomic E-state index is -0.701. The van der Waals surface area contributed by atoms with Crippen LogP contribution in [0.1, 0.15) is 40.5 Å². The Kier molecular flexibility index (Phi) is 8.02. The van der Waals surface area contributed by atoms with E-state index in [1.165, 1.54) is 24.3 Å². The predicted molar refractivity (Wildman–Crippen MR) is 102 cm³/mol. The minimum Gasteiger partial charge on any atom is -0.462 e. The first-order valence-corrected chi connectivity index (χ1v) is 8.90. The van der Waals surface area contributed by atoms with Crippen LogP contribution in [-0.4, -0.2) is 36.8 Å². The number of halogens is 1. The summed E-state index contributed by atoms with van der Waals surface area (Å²) in [5, 5.41) is 2.59. The van der Waals surface area contributed by atoms with E-state index >= 15 is 0 Å². The fraction of sp³-hybridized carbons (Fsp3) is 0.238. The van der Waals surface area contributed by atoms with Crippen molar-refractivity contribution in [3.63, 3.8) is 0 Å². The van der Waals surface area contributed by atoms with Gasteiger partial charge < -0.3 is 14.8 Å². The molecule has 8 heteroatoms. The first kappa shape index (κ1) is 21.7. The zero-order valence-corrected chi connectivity index (χ0v) is 15.8. The number of amides is 1. The molecule has 0 aliphatic carbocycles. The van der Waals surface area contributed by atoms with Gasteiger partial charge in [0.15, 0.2) is 12.4 Å². The molecule has 2 aromatic rings. The lowest BCUT2D eigenvalue weighted by Crippen LogP contribution is -2.17. The van der Waals surface area contributed by atoms with Gasteiger partial charge in [-0.15, -0.1) is 0 Å². The molecule has 0 radical (unpaired) electrons. The molecule has 0 aliphatic heterocycles. The number of anilines is 1. The molecule has 2 aromatic carbocycles. The van der Waals surface area contributed by atoms with Gasteiger partial charge in [0.1, 0.15) is 5.82 Å². The molecule has 0 bridgehead atoms. The summed E-state index contributed by atoms with van der Waals surface area (Å²) in [4.78, 5) is 47.0. The third-order valence-electron chi connectivity index (χ3n) is 3.77. The summed E-state index contributed by atoms with van der Waals surface area (Å²) in [6, 6.07) is 11.0. The highest BCUT2D eigenvalue weighted by molar-refractivity contribution is 5.98. The van der Waals surface area contributed by atoms with E-state index in [0.717, 1.165) is 12.1 Å². The van der Waals surface area contributed by atoms with Crippen LogP contribution in [0.4, 0.5) is 10.1 Å². The highest BCUT2D eigenvalue weighted by Gasteiger charge is 2.13. The van der Waals surface area contributed by atoms with E-state index in [9.17, 15) is 23.6 Å². The summed E-state index contributed by atoms with van der Waals surface area (Å²) in [5.74, 6) is -2.52. The standard InChI is InChI=1S/C21H20FNO6/c1-2-28-21(27)15-5-9-17(10-6-15)23-19(25)11-12-20(26)29-13-18(24)14-3-7-16(22)8-4-14/h3-10H,2,11-13H2,1H3,(H,23,25). The number of carbonyl (C=O) groups excluding carboxylic acids is 4. The average molecular weight is 401 g/mol. The maximum Gasteiger partial charge on any atom is 0.338 e. The first-order valence-electron chi connectivity index (χ1n) is 8.90. The van der Waals surface area contributed by atoms with Gasteiger partial charge in [-0.05, 0) is 55.5 Å². The van der Waals surface area contributed by atoms with E-state index < -0.39 is 36.1 Å². The molecule has 0 saturated heterocycles. The highest BCUT2D eigenvalue weighted by atomic mass is 19.1. The van der Waals surface area contributed by atoms with Gasteiger partial charge in [-0.25, -0.2) is 9.18 Å². The Morgan fingerprint density at radius 1 is 0.862 bits per heavy atom. The summed E-state index contributed by atoms with van der Waals surface area (Å²) in [6.45, 7) is 1.49. The van der Waals surface area contributed by atoms with E-state index in [4.69, 9.17) is 9.47 Å². The molecular weight excluding hydrogens is 381 g/mol. The van der Waals surface area contributed by atoms with Gasteiger partial charge in [0, 0.05) is 17.7 Å². The van der Waals surface area contributed by atoms with Crippen molar-refractivity contribution in [2.75, 3.05) is 18.5 Å². The number of carbonyl (C=O) groups is 4. The summed E-state index contributed by atoms with van der Waals surface area (Å²) < 4.78 is 22.5. The van der Waals surface area contributed by atoms with Crippen molar-refractivity contribution < 1.29 is 33.0 Å². The van der Waals surface area contributed by atoms with Gasteiger partial charge in [-0.2, -0.15) is 0 Å².